The van der Waals surface area contributed by atoms with Crippen LogP contribution >= 0.6 is 0 Å². The van der Waals surface area contributed by atoms with Crippen LogP contribution in [0.25, 0.3) is 0 Å². The van der Waals surface area contributed by atoms with E-state index in [1.54, 1.807) is 12.0 Å². The molecule has 2 aliphatic rings. The number of methoxy groups -OCH3 is 1. The van der Waals surface area contributed by atoms with Gasteiger partial charge in [0.1, 0.15) is 5.75 Å². The van der Waals surface area contributed by atoms with Gasteiger partial charge in [0.15, 0.2) is 0 Å². The lowest BCUT2D eigenvalue weighted by Crippen LogP contribution is -2.54. The van der Waals surface area contributed by atoms with E-state index in [-0.39, 0.29) is 18.4 Å². The van der Waals surface area contributed by atoms with Crippen LogP contribution in [0.1, 0.15) is 64.0 Å². The highest BCUT2D eigenvalue weighted by Gasteiger charge is 2.32. The zero-order valence-corrected chi connectivity index (χ0v) is 21.1. The van der Waals surface area contributed by atoms with Gasteiger partial charge in [0.05, 0.1) is 13.7 Å². The van der Waals surface area contributed by atoms with Gasteiger partial charge in [-0.2, -0.15) is 0 Å². The van der Waals surface area contributed by atoms with E-state index in [0.29, 0.717) is 13.1 Å². The maximum Gasteiger partial charge on any atom is 0.242 e. The van der Waals surface area contributed by atoms with Crippen molar-refractivity contribution in [1.82, 2.24) is 15.1 Å². The monoisotopic (exact) mass is 457 g/mol. The summed E-state index contributed by atoms with van der Waals surface area (Å²) < 4.78 is 5.38. The number of unbranched alkanes of at least 4 members (excludes halogenated alkanes) is 1. The zero-order chi connectivity index (χ0) is 23.8. The lowest BCUT2D eigenvalue weighted by atomic mass is 9.81. The van der Waals surface area contributed by atoms with E-state index in [1.165, 1.54) is 43.2 Å². The van der Waals surface area contributed by atoms with E-state index in [1.807, 2.05) is 25.7 Å². The third kappa shape index (κ3) is 7.46. The Bertz CT molecular complexity index is 802. The largest absolute Gasteiger partial charge is 0.497 e. The minimum absolute atomic E-state index is 0.0665. The molecular formula is C27H43N3O3. The van der Waals surface area contributed by atoms with Crippen molar-refractivity contribution in [3.63, 3.8) is 0 Å². The highest BCUT2D eigenvalue weighted by molar-refractivity contribution is 5.88. The number of hydrogen-bond donors (Lipinski definition) is 1. The molecule has 1 fully saturated rings. The number of aryl methyl sites for hydroxylation is 1. The second kappa shape index (κ2) is 11.9. The quantitative estimate of drug-likeness (QED) is 0.545. The molecule has 1 unspecified atom stereocenters. The lowest BCUT2D eigenvalue weighted by Gasteiger charge is -2.37. The Hall–Kier alpha value is -2.08. The summed E-state index contributed by atoms with van der Waals surface area (Å²) in [5.41, 5.74) is 2.53. The Morgan fingerprint density at radius 2 is 1.91 bits per heavy atom. The molecule has 0 saturated carbocycles. The van der Waals surface area contributed by atoms with Crippen LogP contribution < -0.4 is 10.1 Å². The third-order valence-electron chi connectivity index (χ3n) is 6.99. The van der Waals surface area contributed by atoms with Crippen molar-refractivity contribution in [2.45, 2.75) is 65.7 Å². The first kappa shape index (κ1) is 25.5. The topological polar surface area (TPSA) is 61.9 Å². The van der Waals surface area contributed by atoms with E-state index in [4.69, 9.17) is 4.74 Å². The first-order valence-electron chi connectivity index (χ1n) is 12.7. The molecule has 0 bridgehead atoms. The van der Waals surface area contributed by atoms with Crippen LogP contribution in [0.5, 0.6) is 5.75 Å². The van der Waals surface area contributed by atoms with Crippen molar-refractivity contribution in [2.24, 2.45) is 11.3 Å². The number of hydrogen-bond acceptors (Lipinski definition) is 4. The fourth-order valence-electron chi connectivity index (χ4n) is 4.97. The van der Waals surface area contributed by atoms with Gasteiger partial charge in [0.2, 0.25) is 11.8 Å². The molecule has 1 aromatic rings. The Morgan fingerprint density at radius 1 is 1.12 bits per heavy atom. The number of carbonyl (C=O) groups is 2. The second-order valence-electron chi connectivity index (χ2n) is 10.7. The molecule has 6 nitrogen and oxygen atoms in total. The SMILES string of the molecule is COc1ccc2c(c1)CC(CCCNCCCCN1CCN(C(=O)C(C)(C)C)CC1=O)CC2. The minimum Gasteiger partial charge on any atom is -0.497 e. The number of carbonyl (C=O) groups excluding carboxylic acids is 2. The summed E-state index contributed by atoms with van der Waals surface area (Å²) in [6.07, 6.45) is 8.23. The smallest absolute Gasteiger partial charge is 0.242 e. The molecule has 1 atom stereocenters. The lowest BCUT2D eigenvalue weighted by molar-refractivity contribution is -0.149. The van der Waals surface area contributed by atoms with Crippen LogP contribution in [0.4, 0.5) is 0 Å². The van der Waals surface area contributed by atoms with Crippen molar-refractivity contribution in [3.8, 4) is 5.75 Å². The summed E-state index contributed by atoms with van der Waals surface area (Å²) in [4.78, 5) is 28.4. The Balaban J connectivity index is 1.23. The summed E-state index contributed by atoms with van der Waals surface area (Å²) in [7, 11) is 1.74. The van der Waals surface area contributed by atoms with Crippen LogP contribution in [-0.2, 0) is 22.4 Å². The van der Waals surface area contributed by atoms with E-state index in [0.717, 1.165) is 44.1 Å². The fraction of sp³-hybridized carbons (Fsp3) is 0.704. The number of piperazine rings is 1. The fourth-order valence-corrected chi connectivity index (χ4v) is 4.97. The van der Waals surface area contributed by atoms with Crippen molar-refractivity contribution in [1.29, 1.82) is 0 Å². The van der Waals surface area contributed by atoms with Crippen molar-refractivity contribution < 1.29 is 14.3 Å². The number of nitrogens with one attached hydrogen (secondary N) is 1. The first-order chi connectivity index (χ1) is 15.8. The molecule has 1 saturated heterocycles. The summed E-state index contributed by atoms with van der Waals surface area (Å²) >= 11 is 0. The maximum atomic E-state index is 12.4. The van der Waals surface area contributed by atoms with Crippen LogP contribution in [0.3, 0.4) is 0 Å². The number of ether oxygens (including phenoxy) is 1. The molecule has 0 radical (unpaired) electrons. The van der Waals surface area contributed by atoms with Crippen LogP contribution in [0.15, 0.2) is 18.2 Å². The van der Waals surface area contributed by atoms with E-state index in [2.05, 4.69) is 23.5 Å². The number of amides is 2. The van der Waals surface area contributed by atoms with Gasteiger partial charge in [-0.15, -0.1) is 0 Å². The average Bonchev–Trinajstić information content (AvgIpc) is 2.79. The Kier molecular flexibility index (Phi) is 9.19. The average molecular weight is 458 g/mol. The van der Waals surface area contributed by atoms with Crippen molar-refractivity contribution >= 4 is 11.8 Å². The van der Waals surface area contributed by atoms with Gasteiger partial charge in [-0.05, 0) is 87.2 Å². The molecule has 2 amide bonds. The molecule has 1 aliphatic carbocycles. The minimum atomic E-state index is -0.427. The molecule has 1 heterocycles. The number of benzene rings is 1. The molecule has 0 aromatic heterocycles. The molecular weight excluding hydrogens is 414 g/mol. The highest BCUT2D eigenvalue weighted by Crippen LogP contribution is 2.30. The number of rotatable bonds is 10. The van der Waals surface area contributed by atoms with E-state index >= 15 is 0 Å². The summed E-state index contributed by atoms with van der Waals surface area (Å²) in [6.45, 7) is 10.1. The van der Waals surface area contributed by atoms with Gasteiger partial charge in [0.25, 0.3) is 0 Å². The summed E-state index contributed by atoms with van der Waals surface area (Å²) in [6, 6.07) is 6.52. The van der Waals surface area contributed by atoms with E-state index in [9.17, 15) is 9.59 Å². The standard InChI is InChI=1S/C27H43N3O3/c1-27(2,3)26(32)30-17-16-29(25(31)20-30)15-6-5-13-28-14-7-8-21-9-10-22-11-12-24(33-4)19-23(22)18-21/h11-12,19,21,28H,5-10,13-18,20H2,1-4H3. The normalized spacial score (nSPS) is 18.9. The van der Waals surface area contributed by atoms with Gasteiger partial charge in [-0.1, -0.05) is 26.8 Å². The Morgan fingerprint density at radius 3 is 2.64 bits per heavy atom. The first-order valence-corrected chi connectivity index (χ1v) is 12.7. The molecule has 0 spiro atoms. The maximum absolute atomic E-state index is 12.4. The predicted octanol–water partition coefficient (Wildman–Crippen LogP) is 3.67. The zero-order valence-electron chi connectivity index (χ0n) is 21.1. The van der Waals surface area contributed by atoms with Crippen molar-refractivity contribution in [3.05, 3.63) is 29.3 Å². The highest BCUT2D eigenvalue weighted by atomic mass is 16.5. The van der Waals surface area contributed by atoms with Crippen LogP contribution in [0, 0.1) is 11.3 Å². The molecule has 3 rings (SSSR count). The summed E-state index contributed by atoms with van der Waals surface area (Å²) in [5.74, 6) is 1.90. The van der Waals surface area contributed by atoms with Crippen LogP contribution in [0.2, 0.25) is 0 Å². The van der Waals surface area contributed by atoms with Crippen LogP contribution in [-0.4, -0.2) is 68.0 Å². The van der Waals surface area contributed by atoms with Gasteiger partial charge in [-0.25, -0.2) is 0 Å². The molecule has 1 aliphatic heterocycles. The van der Waals surface area contributed by atoms with Gasteiger partial charge < -0.3 is 19.9 Å². The Labute approximate surface area is 200 Å². The van der Waals surface area contributed by atoms with Gasteiger partial charge in [-0.3, -0.25) is 9.59 Å². The van der Waals surface area contributed by atoms with Gasteiger partial charge >= 0.3 is 0 Å². The number of fused-ring (bicyclic) bond motifs is 1. The molecule has 1 N–H and O–H groups in total. The van der Waals surface area contributed by atoms with Gasteiger partial charge in [0, 0.05) is 25.0 Å². The molecule has 33 heavy (non-hydrogen) atoms. The second-order valence-corrected chi connectivity index (χ2v) is 10.7. The molecule has 184 valence electrons. The predicted molar refractivity (Wildman–Crippen MR) is 132 cm³/mol. The summed E-state index contributed by atoms with van der Waals surface area (Å²) in [5, 5.41) is 3.57. The molecule has 6 heteroatoms. The van der Waals surface area contributed by atoms with Crippen molar-refractivity contribution in [2.75, 3.05) is 46.4 Å². The third-order valence-corrected chi connectivity index (χ3v) is 6.99. The number of nitrogens with zero attached hydrogens (tertiary/aromatic N) is 2. The van der Waals surface area contributed by atoms with E-state index < -0.39 is 5.41 Å². The molecule has 1 aromatic carbocycles.